The van der Waals surface area contributed by atoms with Crippen LogP contribution in [-0.4, -0.2) is 20.9 Å². The molecular formula is C11H10N2O2. The average Bonchev–Trinajstić information content (AvgIpc) is 2.65. The Balaban J connectivity index is 2.57. The van der Waals surface area contributed by atoms with Crippen LogP contribution < -0.4 is 0 Å². The van der Waals surface area contributed by atoms with Crippen LogP contribution in [0.3, 0.4) is 0 Å². The summed E-state index contributed by atoms with van der Waals surface area (Å²) in [4.78, 5) is 11.0. The van der Waals surface area contributed by atoms with Crippen LogP contribution >= 0.6 is 0 Å². The van der Waals surface area contributed by atoms with Crippen molar-refractivity contribution in [3.8, 4) is 5.69 Å². The zero-order valence-electron chi connectivity index (χ0n) is 8.21. The molecule has 1 aromatic heterocycles. The highest BCUT2D eigenvalue weighted by molar-refractivity contribution is 5.91. The third-order valence-electron chi connectivity index (χ3n) is 2.10. The Bertz CT molecular complexity index is 503. The van der Waals surface area contributed by atoms with Crippen molar-refractivity contribution in [1.82, 2.24) is 9.78 Å². The lowest BCUT2D eigenvalue weighted by Crippen LogP contribution is -2.05. The smallest absolute Gasteiger partial charge is 0.337 e. The van der Waals surface area contributed by atoms with Gasteiger partial charge in [-0.1, -0.05) is 12.1 Å². The first-order chi connectivity index (χ1) is 7.18. The Kier molecular flexibility index (Phi) is 2.25. The summed E-state index contributed by atoms with van der Waals surface area (Å²) >= 11 is 0. The molecule has 0 atom stereocenters. The lowest BCUT2D eigenvalue weighted by atomic mass is 10.2. The Morgan fingerprint density at radius 1 is 1.33 bits per heavy atom. The van der Waals surface area contributed by atoms with Gasteiger partial charge in [0, 0.05) is 6.20 Å². The van der Waals surface area contributed by atoms with Gasteiger partial charge in [-0.15, -0.1) is 0 Å². The molecule has 0 aliphatic heterocycles. The summed E-state index contributed by atoms with van der Waals surface area (Å²) < 4.78 is 1.57. The quantitative estimate of drug-likeness (QED) is 0.808. The van der Waals surface area contributed by atoms with E-state index in [1.807, 2.05) is 13.0 Å². The van der Waals surface area contributed by atoms with Gasteiger partial charge in [0.05, 0.1) is 16.9 Å². The van der Waals surface area contributed by atoms with E-state index in [-0.39, 0.29) is 5.56 Å². The van der Waals surface area contributed by atoms with Crippen molar-refractivity contribution in [2.75, 3.05) is 0 Å². The molecule has 0 fully saturated rings. The number of carboxylic acids is 1. The fraction of sp³-hybridized carbons (Fsp3) is 0.0909. The van der Waals surface area contributed by atoms with E-state index in [1.165, 1.54) is 0 Å². The minimum absolute atomic E-state index is 0.251. The molecule has 0 saturated heterocycles. The van der Waals surface area contributed by atoms with Gasteiger partial charge in [0.1, 0.15) is 0 Å². The molecule has 0 spiro atoms. The number of para-hydroxylation sites is 1. The molecular weight excluding hydrogens is 192 g/mol. The van der Waals surface area contributed by atoms with Gasteiger partial charge in [-0.3, -0.25) is 0 Å². The Labute approximate surface area is 86.8 Å². The maximum atomic E-state index is 11.0. The molecule has 0 aliphatic rings. The predicted molar refractivity (Wildman–Crippen MR) is 55.3 cm³/mol. The highest BCUT2D eigenvalue weighted by atomic mass is 16.4. The molecule has 1 aromatic carbocycles. The number of nitrogens with zero attached hydrogens (tertiary/aromatic N) is 2. The maximum Gasteiger partial charge on any atom is 0.337 e. The van der Waals surface area contributed by atoms with Crippen molar-refractivity contribution >= 4 is 5.97 Å². The van der Waals surface area contributed by atoms with Gasteiger partial charge in [-0.25, -0.2) is 9.48 Å². The number of aromatic carboxylic acids is 1. The predicted octanol–water partition coefficient (Wildman–Crippen LogP) is 1.88. The zero-order chi connectivity index (χ0) is 10.8. The fourth-order valence-corrected chi connectivity index (χ4v) is 1.40. The van der Waals surface area contributed by atoms with Gasteiger partial charge in [-0.2, -0.15) is 5.10 Å². The van der Waals surface area contributed by atoms with E-state index in [0.29, 0.717) is 5.69 Å². The second-order valence-corrected chi connectivity index (χ2v) is 3.22. The standard InChI is InChI=1S/C11H10N2O2/c1-8-6-7-13(12-8)10-5-3-2-4-9(10)11(14)15/h2-7H,1H3,(H,14,15). The monoisotopic (exact) mass is 202 g/mol. The zero-order valence-corrected chi connectivity index (χ0v) is 8.21. The van der Waals surface area contributed by atoms with Crippen molar-refractivity contribution in [2.24, 2.45) is 0 Å². The number of aryl methyl sites for hydroxylation is 1. The first-order valence-corrected chi connectivity index (χ1v) is 4.53. The molecule has 0 unspecified atom stereocenters. The van der Waals surface area contributed by atoms with Gasteiger partial charge >= 0.3 is 5.97 Å². The van der Waals surface area contributed by atoms with Gasteiger partial charge < -0.3 is 5.11 Å². The second kappa shape index (κ2) is 3.57. The first kappa shape index (κ1) is 9.45. The molecule has 2 aromatic rings. The van der Waals surface area contributed by atoms with Crippen LogP contribution in [0.4, 0.5) is 0 Å². The van der Waals surface area contributed by atoms with E-state index < -0.39 is 5.97 Å². The summed E-state index contributed by atoms with van der Waals surface area (Å²) in [6.45, 7) is 1.86. The van der Waals surface area contributed by atoms with Crippen molar-refractivity contribution in [3.63, 3.8) is 0 Å². The van der Waals surface area contributed by atoms with E-state index in [9.17, 15) is 4.79 Å². The highest BCUT2D eigenvalue weighted by Gasteiger charge is 2.10. The molecule has 0 aliphatic carbocycles. The number of hydrogen-bond donors (Lipinski definition) is 1. The molecule has 2 rings (SSSR count). The molecule has 1 heterocycles. The molecule has 0 radical (unpaired) electrons. The Hall–Kier alpha value is -2.10. The average molecular weight is 202 g/mol. The largest absolute Gasteiger partial charge is 0.478 e. The van der Waals surface area contributed by atoms with E-state index >= 15 is 0 Å². The number of aromatic nitrogens is 2. The topological polar surface area (TPSA) is 55.1 Å². The van der Waals surface area contributed by atoms with E-state index in [4.69, 9.17) is 5.11 Å². The highest BCUT2D eigenvalue weighted by Crippen LogP contribution is 2.13. The van der Waals surface area contributed by atoms with Gasteiger partial charge in [0.25, 0.3) is 0 Å². The molecule has 0 amide bonds. The van der Waals surface area contributed by atoms with Gasteiger partial charge in [0.2, 0.25) is 0 Å². The van der Waals surface area contributed by atoms with Crippen LogP contribution in [0.25, 0.3) is 5.69 Å². The molecule has 15 heavy (non-hydrogen) atoms. The summed E-state index contributed by atoms with van der Waals surface area (Å²) in [6.07, 6.45) is 1.75. The minimum Gasteiger partial charge on any atom is -0.478 e. The molecule has 4 heteroatoms. The number of carboxylic acid groups (broad SMARTS) is 1. The van der Waals surface area contributed by atoms with Gasteiger partial charge in [0.15, 0.2) is 0 Å². The minimum atomic E-state index is -0.946. The van der Waals surface area contributed by atoms with Crippen LogP contribution in [0, 0.1) is 6.92 Å². The van der Waals surface area contributed by atoms with Crippen molar-refractivity contribution in [3.05, 3.63) is 47.8 Å². The van der Waals surface area contributed by atoms with E-state index in [2.05, 4.69) is 5.10 Å². The Morgan fingerprint density at radius 2 is 2.07 bits per heavy atom. The van der Waals surface area contributed by atoms with Crippen LogP contribution in [0.15, 0.2) is 36.5 Å². The van der Waals surface area contributed by atoms with Crippen molar-refractivity contribution in [2.45, 2.75) is 6.92 Å². The van der Waals surface area contributed by atoms with Crippen LogP contribution in [-0.2, 0) is 0 Å². The third kappa shape index (κ3) is 1.74. The molecule has 76 valence electrons. The number of carbonyl (C=O) groups is 1. The normalized spacial score (nSPS) is 10.2. The van der Waals surface area contributed by atoms with Crippen molar-refractivity contribution in [1.29, 1.82) is 0 Å². The maximum absolute atomic E-state index is 11.0. The lowest BCUT2D eigenvalue weighted by Gasteiger charge is -2.04. The summed E-state index contributed by atoms with van der Waals surface area (Å²) in [6, 6.07) is 8.62. The third-order valence-corrected chi connectivity index (χ3v) is 2.10. The number of hydrogen-bond acceptors (Lipinski definition) is 2. The van der Waals surface area contributed by atoms with Gasteiger partial charge in [-0.05, 0) is 25.1 Å². The van der Waals surface area contributed by atoms with Crippen LogP contribution in [0.5, 0.6) is 0 Å². The molecule has 0 bridgehead atoms. The van der Waals surface area contributed by atoms with Crippen LogP contribution in [0.2, 0.25) is 0 Å². The van der Waals surface area contributed by atoms with E-state index in [0.717, 1.165) is 5.69 Å². The van der Waals surface area contributed by atoms with Crippen LogP contribution in [0.1, 0.15) is 16.1 Å². The summed E-state index contributed by atoms with van der Waals surface area (Å²) in [5, 5.41) is 13.2. The second-order valence-electron chi connectivity index (χ2n) is 3.22. The SMILES string of the molecule is Cc1ccn(-c2ccccc2C(=O)O)n1. The summed E-state index contributed by atoms with van der Waals surface area (Å²) in [7, 11) is 0. The van der Waals surface area contributed by atoms with E-state index in [1.54, 1.807) is 35.1 Å². The Morgan fingerprint density at radius 3 is 2.67 bits per heavy atom. The fourth-order valence-electron chi connectivity index (χ4n) is 1.40. The number of benzene rings is 1. The molecule has 1 N–H and O–H groups in total. The molecule has 0 saturated carbocycles. The summed E-state index contributed by atoms with van der Waals surface area (Å²) in [5.74, 6) is -0.946. The summed E-state index contributed by atoms with van der Waals surface area (Å²) in [5.41, 5.74) is 1.69. The first-order valence-electron chi connectivity index (χ1n) is 4.53. The lowest BCUT2D eigenvalue weighted by molar-refractivity contribution is 0.0696. The number of rotatable bonds is 2. The molecule has 4 nitrogen and oxygen atoms in total. The van der Waals surface area contributed by atoms with Crippen molar-refractivity contribution < 1.29 is 9.90 Å².